The Hall–Kier alpha value is -2.14. The lowest BCUT2D eigenvalue weighted by atomic mass is 10.0. The van der Waals surface area contributed by atoms with Crippen molar-refractivity contribution in [3.63, 3.8) is 0 Å². The second-order valence-electron chi connectivity index (χ2n) is 3.30. The van der Waals surface area contributed by atoms with Crippen LogP contribution in [0.25, 0.3) is 0 Å². The van der Waals surface area contributed by atoms with Gasteiger partial charge in [0.05, 0.1) is 11.6 Å². The zero-order chi connectivity index (χ0) is 10.5. The Morgan fingerprint density at radius 1 is 1.07 bits per heavy atom. The van der Waals surface area contributed by atoms with Crippen LogP contribution in [0.4, 0.5) is 0 Å². The molecule has 0 fully saturated rings. The molecule has 72 valence electrons. The van der Waals surface area contributed by atoms with Gasteiger partial charge in [-0.25, -0.2) is 0 Å². The van der Waals surface area contributed by atoms with Gasteiger partial charge in [-0.05, 0) is 35.7 Å². The summed E-state index contributed by atoms with van der Waals surface area (Å²) in [6, 6.07) is 13.8. The molecular formula is C13H10N2. The van der Waals surface area contributed by atoms with Gasteiger partial charge in [-0.1, -0.05) is 18.2 Å². The van der Waals surface area contributed by atoms with Crippen LogP contribution in [0.3, 0.4) is 0 Å². The van der Waals surface area contributed by atoms with Crippen molar-refractivity contribution in [1.82, 2.24) is 4.98 Å². The molecule has 0 aliphatic carbocycles. The number of aromatic nitrogens is 1. The van der Waals surface area contributed by atoms with Gasteiger partial charge < -0.3 is 0 Å². The number of nitrogens with zero attached hydrogens (tertiary/aromatic N) is 2. The summed E-state index contributed by atoms with van der Waals surface area (Å²) >= 11 is 0. The van der Waals surface area contributed by atoms with Crippen LogP contribution in [0.15, 0.2) is 48.8 Å². The number of benzene rings is 1. The SMILES string of the molecule is N#Cc1ccccc1Cc1ccncc1. The van der Waals surface area contributed by atoms with Crippen LogP contribution >= 0.6 is 0 Å². The lowest BCUT2D eigenvalue weighted by Crippen LogP contribution is -1.91. The average molecular weight is 194 g/mol. The Morgan fingerprint density at radius 3 is 2.53 bits per heavy atom. The predicted octanol–water partition coefficient (Wildman–Crippen LogP) is 2.54. The number of rotatable bonds is 2. The fourth-order valence-electron chi connectivity index (χ4n) is 1.50. The molecular weight excluding hydrogens is 184 g/mol. The van der Waals surface area contributed by atoms with Gasteiger partial charge in [0.25, 0.3) is 0 Å². The Morgan fingerprint density at radius 2 is 1.80 bits per heavy atom. The standard InChI is InChI=1S/C13H10N2/c14-10-13-4-2-1-3-12(13)9-11-5-7-15-8-6-11/h1-8H,9H2. The summed E-state index contributed by atoms with van der Waals surface area (Å²) in [5, 5.41) is 8.93. The minimum Gasteiger partial charge on any atom is -0.265 e. The van der Waals surface area contributed by atoms with Gasteiger partial charge in [0, 0.05) is 12.4 Å². The molecule has 1 aromatic heterocycles. The zero-order valence-electron chi connectivity index (χ0n) is 8.22. The molecule has 1 heterocycles. The van der Waals surface area contributed by atoms with E-state index >= 15 is 0 Å². The number of hydrogen-bond acceptors (Lipinski definition) is 2. The van der Waals surface area contributed by atoms with Crippen molar-refractivity contribution < 1.29 is 0 Å². The highest BCUT2D eigenvalue weighted by Crippen LogP contribution is 2.12. The minimum absolute atomic E-state index is 0.745. The third-order valence-corrected chi connectivity index (χ3v) is 2.28. The van der Waals surface area contributed by atoms with Crippen molar-refractivity contribution in [3.8, 4) is 6.07 Å². The van der Waals surface area contributed by atoms with Gasteiger partial charge >= 0.3 is 0 Å². The van der Waals surface area contributed by atoms with Crippen LogP contribution in [0.1, 0.15) is 16.7 Å². The highest BCUT2D eigenvalue weighted by molar-refractivity contribution is 5.40. The van der Waals surface area contributed by atoms with Crippen LogP contribution in [-0.2, 0) is 6.42 Å². The van der Waals surface area contributed by atoms with Crippen molar-refractivity contribution in [2.45, 2.75) is 6.42 Å². The van der Waals surface area contributed by atoms with Crippen LogP contribution in [0, 0.1) is 11.3 Å². The van der Waals surface area contributed by atoms with Gasteiger partial charge in [-0.15, -0.1) is 0 Å². The molecule has 0 saturated carbocycles. The third-order valence-electron chi connectivity index (χ3n) is 2.28. The summed E-state index contributed by atoms with van der Waals surface area (Å²) in [6.45, 7) is 0. The summed E-state index contributed by atoms with van der Waals surface area (Å²) in [6.07, 6.45) is 4.32. The molecule has 0 aliphatic rings. The van der Waals surface area contributed by atoms with E-state index in [1.807, 2.05) is 36.4 Å². The Labute approximate surface area is 88.8 Å². The maximum Gasteiger partial charge on any atom is 0.0994 e. The van der Waals surface area contributed by atoms with Crippen molar-refractivity contribution in [2.75, 3.05) is 0 Å². The van der Waals surface area contributed by atoms with E-state index in [9.17, 15) is 0 Å². The van der Waals surface area contributed by atoms with E-state index in [0.717, 1.165) is 17.5 Å². The highest BCUT2D eigenvalue weighted by Gasteiger charge is 2.01. The Bertz CT molecular complexity index is 483. The normalized spacial score (nSPS) is 9.53. The molecule has 0 N–H and O–H groups in total. The first-order valence-corrected chi connectivity index (χ1v) is 4.77. The van der Waals surface area contributed by atoms with Crippen LogP contribution in [0.2, 0.25) is 0 Å². The van der Waals surface area contributed by atoms with Crippen molar-refractivity contribution in [2.24, 2.45) is 0 Å². The quantitative estimate of drug-likeness (QED) is 0.736. The summed E-state index contributed by atoms with van der Waals surface area (Å²) in [5.41, 5.74) is 2.98. The molecule has 0 spiro atoms. The summed E-state index contributed by atoms with van der Waals surface area (Å²) < 4.78 is 0. The average Bonchev–Trinajstić information content (AvgIpc) is 2.31. The van der Waals surface area contributed by atoms with Gasteiger partial charge in [0.1, 0.15) is 0 Å². The molecule has 0 amide bonds. The maximum absolute atomic E-state index is 8.93. The monoisotopic (exact) mass is 194 g/mol. The van der Waals surface area contributed by atoms with Crippen molar-refractivity contribution in [3.05, 3.63) is 65.5 Å². The van der Waals surface area contributed by atoms with Gasteiger partial charge in [-0.2, -0.15) is 5.26 Å². The van der Waals surface area contributed by atoms with E-state index in [0.29, 0.717) is 0 Å². The topological polar surface area (TPSA) is 36.7 Å². The third kappa shape index (κ3) is 2.21. The smallest absolute Gasteiger partial charge is 0.0994 e. The molecule has 2 heteroatoms. The molecule has 2 nitrogen and oxygen atoms in total. The molecule has 0 saturated heterocycles. The first-order valence-electron chi connectivity index (χ1n) is 4.77. The molecule has 0 atom stereocenters. The van der Waals surface area contributed by atoms with E-state index in [2.05, 4.69) is 11.1 Å². The van der Waals surface area contributed by atoms with Crippen LogP contribution in [-0.4, -0.2) is 4.98 Å². The second kappa shape index (κ2) is 4.39. The van der Waals surface area contributed by atoms with Gasteiger partial charge in [0.15, 0.2) is 0 Å². The molecule has 1 aromatic carbocycles. The molecule has 2 aromatic rings. The van der Waals surface area contributed by atoms with E-state index in [1.165, 1.54) is 5.56 Å². The molecule has 0 radical (unpaired) electrons. The Balaban J connectivity index is 2.29. The van der Waals surface area contributed by atoms with Crippen molar-refractivity contribution in [1.29, 1.82) is 5.26 Å². The van der Waals surface area contributed by atoms with Crippen LogP contribution in [0.5, 0.6) is 0 Å². The largest absolute Gasteiger partial charge is 0.265 e. The van der Waals surface area contributed by atoms with E-state index in [-0.39, 0.29) is 0 Å². The number of hydrogen-bond donors (Lipinski definition) is 0. The van der Waals surface area contributed by atoms with E-state index < -0.39 is 0 Å². The molecule has 0 bridgehead atoms. The van der Waals surface area contributed by atoms with E-state index in [1.54, 1.807) is 12.4 Å². The molecule has 0 unspecified atom stereocenters. The minimum atomic E-state index is 0.745. The summed E-state index contributed by atoms with van der Waals surface area (Å²) in [5.74, 6) is 0. The fraction of sp³-hybridized carbons (Fsp3) is 0.0769. The summed E-state index contributed by atoms with van der Waals surface area (Å²) in [7, 11) is 0. The first kappa shape index (κ1) is 9.42. The number of pyridine rings is 1. The highest BCUT2D eigenvalue weighted by atomic mass is 14.6. The fourth-order valence-corrected chi connectivity index (χ4v) is 1.50. The van der Waals surface area contributed by atoms with Gasteiger partial charge in [0.2, 0.25) is 0 Å². The predicted molar refractivity (Wildman–Crippen MR) is 58.2 cm³/mol. The molecule has 2 rings (SSSR count). The first-order chi connectivity index (χ1) is 7.40. The second-order valence-corrected chi connectivity index (χ2v) is 3.30. The zero-order valence-corrected chi connectivity index (χ0v) is 8.22. The van der Waals surface area contributed by atoms with Gasteiger partial charge in [-0.3, -0.25) is 4.98 Å². The van der Waals surface area contributed by atoms with Crippen LogP contribution < -0.4 is 0 Å². The molecule has 0 aliphatic heterocycles. The number of nitriles is 1. The van der Waals surface area contributed by atoms with Crippen molar-refractivity contribution >= 4 is 0 Å². The maximum atomic E-state index is 8.93. The lowest BCUT2D eigenvalue weighted by molar-refractivity contribution is 1.15. The summed E-state index contributed by atoms with van der Waals surface area (Å²) in [4.78, 5) is 3.96. The van der Waals surface area contributed by atoms with E-state index in [4.69, 9.17) is 5.26 Å². The Kier molecular flexibility index (Phi) is 2.75. The molecule has 15 heavy (non-hydrogen) atoms. The lowest BCUT2D eigenvalue weighted by Gasteiger charge is -2.02.